The number of nitrogens with zero attached hydrogens (tertiary/aromatic N) is 4. The smallest absolute Gasteiger partial charge is 0.362 e. The zero-order valence-corrected chi connectivity index (χ0v) is 15.5. The van der Waals surface area contributed by atoms with Gasteiger partial charge in [-0.3, -0.25) is 4.79 Å². The summed E-state index contributed by atoms with van der Waals surface area (Å²) in [5, 5.41) is 0. The molecule has 148 valence electrons. The van der Waals surface area contributed by atoms with Crippen LogP contribution in [0.4, 0.5) is 13.2 Å². The van der Waals surface area contributed by atoms with Gasteiger partial charge in [-0.05, 0) is 12.1 Å². The number of sulfonamides is 1. The lowest BCUT2D eigenvalue weighted by atomic mass is 10.3. The highest BCUT2D eigenvalue weighted by Gasteiger charge is 2.32. The third kappa shape index (κ3) is 4.54. The summed E-state index contributed by atoms with van der Waals surface area (Å²) in [5.74, 6) is -0.609. The summed E-state index contributed by atoms with van der Waals surface area (Å²) in [5.41, 5.74) is 0.776. The van der Waals surface area contributed by atoms with Crippen molar-refractivity contribution in [3.8, 4) is 0 Å². The molecule has 0 saturated carbocycles. The third-order valence-electron chi connectivity index (χ3n) is 3.95. The minimum atomic E-state index is -4.50. The van der Waals surface area contributed by atoms with Crippen LogP contribution < -0.4 is 0 Å². The van der Waals surface area contributed by atoms with Crippen LogP contribution in [0.3, 0.4) is 0 Å². The summed E-state index contributed by atoms with van der Waals surface area (Å²) in [7, 11) is -3.82. The van der Waals surface area contributed by atoms with Crippen LogP contribution in [-0.2, 0) is 19.6 Å². The van der Waals surface area contributed by atoms with Crippen molar-refractivity contribution < 1.29 is 31.1 Å². The van der Waals surface area contributed by atoms with Gasteiger partial charge >= 0.3 is 6.18 Å². The Morgan fingerprint density at radius 2 is 1.89 bits per heavy atom. The molecule has 1 saturated heterocycles. The number of hydrogen-bond acceptors (Lipinski definition) is 7. The molecule has 0 spiro atoms. The zero-order valence-electron chi connectivity index (χ0n) is 13.8. The SMILES string of the molecule is O=C(COCC(F)(F)F)N1CCN(S(=O)(=O)c2cccc3nsnc23)CC1. The van der Waals surface area contributed by atoms with E-state index in [1.54, 1.807) is 12.1 Å². The number of rotatable bonds is 5. The molecular weight excluding hydrogens is 409 g/mol. The topological polar surface area (TPSA) is 92.7 Å². The van der Waals surface area contributed by atoms with Gasteiger partial charge in [-0.1, -0.05) is 6.07 Å². The second kappa shape index (κ2) is 7.66. The first-order valence-corrected chi connectivity index (χ1v) is 9.99. The molecule has 0 bridgehead atoms. The Morgan fingerprint density at radius 3 is 2.56 bits per heavy atom. The van der Waals surface area contributed by atoms with Gasteiger partial charge in [0, 0.05) is 26.2 Å². The van der Waals surface area contributed by atoms with E-state index < -0.39 is 35.3 Å². The van der Waals surface area contributed by atoms with Crippen molar-refractivity contribution >= 4 is 38.7 Å². The highest BCUT2D eigenvalue weighted by molar-refractivity contribution is 7.89. The number of carbonyl (C=O) groups is 1. The largest absolute Gasteiger partial charge is 0.411 e. The van der Waals surface area contributed by atoms with Crippen molar-refractivity contribution in [1.82, 2.24) is 18.0 Å². The number of benzene rings is 1. The maximum Gasteiger partial charge on any atom is 0.411 e. The van der Waals surface area contributed by atoms with E-state index in [0.29, 0.717) is 11.0 Å². The minimum Gasteiger partial charge on any atom is -0.362 e. The van der Waals surface area contributed by atoms with Gasteiger partial charge in [0.15, 0.2) is 0 Å². The molecule has 13 heteroatoms. The zero-order chi connectivity index (χ0) is 19.7. The lowest BCUT2D eigenvalue weighted by molar-refractivity contribution is -0.178. The maximum atomic E-state index is 12.9. The van der Waals surface area contributed by atoms with E-state index in [2.05, 4.69) is 13.5 Å². The molecule has 1 aliphatic heterocycles. The van der Waals surface area contributed by atoms with Crippen molar-refractivity contribution in [3.05, 3.63) is 18.2 Å². The standard InChI is InChI=1S/C14H15F3N4O4S2/c15-14(16,17)9-25-8-12(22)20-4-6-21(7-5-20)27(23,24)11-3-1-2-10-13(11)19-26-18-10/h1-3H,4-9H2. The molecule has 0 atom stereocenters. The average molecular weight is 424 g/mol. The lowest BCUT2D eigenvalue weighted by Gasteiger charge is -2.34. The Balaban J connectivity index is 1.62. The van der Waals surface area contributed by atoms with Crippen molar-refractivity contribution in [2.75, 3.05) is 39.4 Å². The highest BCUT2D eigenvalue weighted by Crippen LogP contribution is 2.25. The molecule has 1 amide bonds. The van der Waals surface area contributed by atoms with Crippen LogP contribution in [-0.4, -0.2) is 77.8 Å². The van der Waals surface area contributed by atoms with Gasteiger partial charge in [0.25, 0.3) is 0 Å². The number of aromatic nitrogens is 2. The Hall–Kier alpha value is -1.83. The van der Waals surface area contributed by atoms with Crippen molar-refractivity contribution in [2.45, 2.75) is 11.1 Å². The van der Waals surface area contributed by atoms with E-state index in [0.717, 1.165) is 11.7 Å². The van der Waals surface area contributed by atoms with Crippen LogP contribution in [0.25, 0.3) is 11.0 Å². The number of amides is 1. The van der Waals surface area contributed by atoms with Crippen molar-refractivity contribution in [2.24, 2.45) is 0 Å². The van der Waals surface area contributed by atoms with Crippen LogP contribution in [0.15, 0.2) is 23.1 Å². The fourth-order valence-electron chi connectivity index (χ4n) is 2.65. The molecule has 0 aliphatic carbocycles. The second-order valence-corrected chi connectivity index (χ2v) is 8.22. The Labute approximate surface area is 156 Å². The normalized spacial score (nSPS) is 16.8. The molecule has 27 heavy (non-hydrogen) atoms. The molecule has 1 aromatic carbocycles. The number of fused-ring (bicyclic) bond motifs is 1. The van der Waals surface area contributed by atoms with Gasteiger partial charge in [0.05, 0.1) is 11.7 Å². The van der Waals surface area contributed by atoms with E-state index >= 15 is 0 Å². The molecule has 3 rings (SSSR count). The summed E-state index contributed by atoms with van der Waals surface area (Å²) >= 11 is 0.914. The fraction of sp³-hybridized carbons (Fsp3) is 0.500. The van der Waals surface area contributed by atoms with Crippen LogP contribution in [0.2, 0.25) is 0 Å². The molecule has 2 aromatic rings. The van der Waals surface area contributed by atoms with E-state index in [9.17, 15) is 26.4 Å². The van der Waals surface area contributed by atoms with Crippen LogP contribution in [0.1, 0.15) is 0 Å². The van der Waals surface area contributed by atoms with E-state index in [1.165, 1.54) is 15.3 Å². The second-order valence-electron chi connectivity index (χ2n) is 5.78. The van der Waals surface area contributed by atoms with Gasteiger partial charge in [-0.2, -0.15) is 26.2 Å². The Kier molecular flexibility index (Phi) is 5.65. The van der Waals surface area contributed by atoms with Crippen LogP contribution >= 0.6 is 11.7 Å². The quantitative estimate of drug-likeness (QED) is 0.714. The van der Waals surface area contributed by atoms with Gasteiger partial charge in [0.1, 0.15) is 29.1 Å². The molecule has 1 fully saturated rings. The molecule has 0 radical (unpaired) electrons. The first-order chi connectivity index (χ1) is 12.7. The third-order valence-corrected chi connectivity index (χ3v) is 6.42. The van der Waals surface area contributed by atoms with Gasteiger partial charge in [-0.25, -0.2) is 8.42 Å². The summed E-state index contributed by atoms with van der Waals surface area (Å²) in [6, 6.07) is 4.69. The molecular formula is C14H15F3N4O4S2. The van der Waals surface area contributed by atoms with Crippen molar-refractivity contribution in [3.63, 3.8) is 0 Å². The summed E-state index contributed by atoms with van der Waals surface area (Å²) in [4.78, 5) is 13.2. The Bertz CT molecular complexity index is 924. The number of hydrogen-bond donors (Lipinski definition) is 0. The van der Waals surface area contributed by atoms with Crippen molar-refractivity contribution in [1.29, 1.82) is 0 Å². The predicted molar refractivity (Wildman–Crippen MR) is 89.6 cm³/mol. The van der Waals surface area contributed by atoms with Gasteiger partial charge < -0.3 is 9.64 Å². The van der Waals surface area contributed by atoms with Crippen LogP contribution in [0.5, 0.6) is 0 Å². The fourth-order valence-corrected chi connectivity index (χ4v) is 4.83. The number of carbonyl (C=O) groups excluding carboxylic acids is 1. The number of halogens is 3. The molecule has 2 heterocycles. The Morgan fingerprint density at radius 1 is 1.19 bits per heavy atom. The molecule has 8 nitrogen and oxygen atoms in total. The summed E-state index contributed by atoms with van der Waals surface area (Å²) < 4.78 is 75.5. The van der Waals surface area contributed by atoms with Gasteiger partial charge in [0.2, 0.25) is 15.9 Å². The number of ether oxygens (including phenoxy) is 1. The van der Waals surface area contributed by atoms with Gasteiger partial charge in [-0.15, -0.1) is 0 Å². The highest BCUT2D eigenvalue weighted by atomic mass is 32.2. The van der Waals surface area contributed by atoms with Crippen LogP contribution in [0, 0.1) is 0 Å². The number of piperazine rings is 1. The minimum absolute atomic E-state index is 0.0291. The first kappa shape index (κ1) is 19.9. The molecule has 0 N–H and O–H groups in total. The average Bonchev–Trinajstić information content (AvgIpc) is 3.09. The molecule has 0 unspecified atom stereocenters. The number of alkyl halides is 3. The maximum absolute atomic E-state index is 12.9. The predicted octanol–water partition coefficient (Wildman–Crippen LogP) is 1.10. The monoisotopic (exact) mass is 424 g/mol. The summed E-state index contributed by atoms with van der Waals surface area (Å²) in [6.07, 6.45) is -4.50. The van der Waals surface area contributed by atoms with E-state index in [-0.39, 0.29) is 31.1 Å². The first-order valence-electron chi connectivity index (χ1n) is 7.82. The summed E-state index contributed by atoms with van der Waals surface area (Å²) in [6.45, 7) is -2.01. The molecule has 1 aliphatic rings. The molecule has 1 aromatic heterocycles. The van der Waals surface area contributed by atoms with E-state index in [4.69, 9.17) is 0 Å². The lowest BCUT2D eigenvalue weighted by Crippen LogP contribution is -2.51. The van der Waals surface area contributed by atoms with E-state index in [1.807, 2.05) is 0 Å².